The van der Waals surface area contributed by atoms with E-state index >= 15 is 0 Å². The van der Waals surface area contributed by atoms with Crippen molar-refractivity contribution in [1.29, 1.82) is 0 Å². The number of H-pyrrole nitrogens is 1. The van der Waals surface area contributed by atoms with Crippen molar-refractivity contribution in [2.75, 3.05) is 20.8 Å². The van der Waals surface area contributed by atoms with Gasteiger partial charge in [0.05, 0.1) is 20.1 Å². The smallest absolute Gasteiger partial charge is 0.310 e. The van der Waals surface area contributed by atoms with E-state index in [2.05, 4.69) is 4.98 Å². The molecule has 0 saturated heterocycles. The van der Waals surface area contributed by atoms with Gasteiger partial charge < -0.3 is 19.4 Å². The van der Waals surface area contributed by atoms with Gasteiger partial charge in [0.1, 0.15) is 11.4 Å². The lowest BCUT2D eigenvalue weighted by atomic mass is 10.1. The molecule has 1 heterocycles. The fourth-order valence-corrected chi connectivity index (χ4v) is 3.15. The van der Waals surface area contributed by atoms with Crippen molar-refractivity contribution in [3.63, 3.8) is 0 Å². The number of nitrogens with zero attached hydrogens (tertiary/aromatic N) is 1. The van der Waals surface area contributed by atoms with E-state index in [0.29, 0.717) is 18.0 Å². The third-order valence-electron chi connectivity index (χ3n) is 4.66. The molecule has 6 nitrogen and oxygen atoms in total. The number of amides is 1. The second kappa shape index (κ2) is 8.61. The van der Waals surface area contributed by atoms with E-state index in [1.165, 1.54) is 7.11 Å². The van der Waals surface area contributed by atoms with Crippen LogP contribution in [0.5, 0.6) is 5.75 Å². The van der Waals surface area contributed by atoms with Crippen LogP contribution in [-0.4, -0.2) is 42.5 Å². The molecule has 0 aliphatic heterocycles. The number of carbonyl (C=O) groups excluding carboxylic acids is 2. The van der Waals surface area contributed by atoms with Crippen LogP contribution in [0, 0.1) is 5.92 Å². The quantitative estimate of drug-likeness (QED) is 0.636. The van der Waals surface area contributed by atoms with Gasteiger partial charge in [-0.2, -0.15) is 0 Å². The lowest BCUT2D eigenvalue weighted by Gasteiger charge is -2.24. The van der Waals surface area contributed by atoms with Crippen molar-refractivity contribution in [2.24, 2.45) is 5.92 Å². The molecule has 3 rings (SSSR count). The molecule has 6 heteroatoms. The Bertz CT molecular complexity index is 965. The molecule has 0 bridgehead atoms. The van der Waals surface area contributed by atoms with Crippen LogP contribution in [-0.2, 0) is 16.1 Å². The average molecular weight is 380 g/mol. The van der Waals surface area contributed by atoms with E-state index in [4.69, 9.17) is 9.47 Å². The van der Waals surface area contributed by atoms with E-state index in [9.17, 15) is 9.59 Å². The molecule has 1 unspecified atom stereocenters. The number of nitrogens with one attached hydrogen (secondary N) is 1. The average Bonchev–Trinajstić information content (AvgIpc) is 3.15. The van der Waals surface area contributed by atoms with Crippen molar-refractivity contribution in [3.05, 3.63) is 65.9 Å². The molecule has 0 spiro atoms. The number of aromatic nitrogens is 1. The third kappa shape index (κ3) is 4.34. The Morgan fingerprint density at radius 1 is 1.07 bits per heavy atom. The number of hydrogen-bond acceptors (Lipinski definition) is 4. The summed E-state index contributed by atoms with van der Waals surface area (Å²) in [6.07, 6.45) is 0. The Morgan fingerprint density at radius 3 is 2.50 bits per heavy atom. The van der Waals surface area contributed by atoms with Gasteiger partial charge in [0.2, 0.25) is 0 Å². The lowest BCUT2D eigenvalue weighted by Crippen LogP contribution is -2.37. The second-order valence-corrected chi connectivity index (χ2v) is 6.73. The first kappa shape index (κ1) is 19.5. The Balaban J connectivity index is 1.89. The fraction of sp³-hybridized carbons (Fsp3) is 0.273. The highest BCUT2D eigenvalue weighted by atomic mass is 16.5. The van der Waals surface area contributed by atoms with Gasteiger partial charge in [-0.3, -0.25) is 9.59 Å². The standard InChI is InChI=1S/C22H24N2O4/c1-15(22(26)28-3)13-24(14-16-7-5-4-6-8-16)21(25)20-11-17-9-10-18(27-2)12-19(17)23-20/h4-12,15,23H,13-14H2,1-3H3. The minimum absolute atomic E-state index is 0.172. The fourth-order valence-electron chi connectivity index (χ4n) is 3.15. The first-order chi connectivity index (χ1) is 13.5. The number of carbonyl (C=O) groups is 2. The summed E-state index contributed by atoms with van der Waals surface area (Å²) in [5.74, 6) is -0.224. The van der Waals surface area contributed by atoms with Gasteiger partial charge in [-0.1, -0.05) is 37.3 Å². The molecule has 1 amide bonds. The molecule has 0 fully saturated rings. The topological polar surface area (TPSA) is 71.6 Å². The summed E-state index contributed by atoms with van der Waals surface area (Å²) in [7, 11) is 2.96. The SMILES string of the molecule is COC(=O)C(C)CN(Cc1ccccc1)C(=O)c1cc2ccc(OC)cc2[nH]1. The molecule has 1 atom stereocenters. The second-order valence-electron chi connectivity index (χ2n) is 6.73. The highest BCUT2D eigenvalue weighted by Crippen LogP contribution is 2.22. The van der Waals surface area contributed by atoms with Crippen LogP contribution < -0.4 is 4.74 Å². The molecular weight excluding hydrogens is 356 g/mol. The van der Waals surface area contributed by atoms with Gasteiger partial charge in [-0.25, -0.2) is 0 Å². The predicted molar refractivity (Wildman–Crippen MR) is 107 cm³/mol. The zero-order valence-corrected chi connectivity index (χ0v) is 16.3. The van der Waals surface area contributed by atoms with Crippen molar-refractivity contribution < 1.29 is 19.1 Å². The third-order valence-corrected chi connectivity index (χ3v) is 4.66. The maximum Gasteiger partial charge on any atom is 0.310 e. The Labute approximate surface area is 164 Å². The summed E-state index contributed by atoms with van der Waals surface area (Å²) in [6, 6.07) is 17.1. The van der Waals surface area contributed by atoms with Crippen LogP contribution >= 0.6 is 0 Å². The van der Waals surface area contributed by atoms with Gasteiger partial charge in [0.15, 0.2) is 0 Å². The Morgan fingerprint density at radius 2 is 1.82 bits per heavy atom. The number of aromatic amines is 1. The van der Waals surface area contributed by atoms with Gasteiger partial charge in [0, 0.05) is 30.1 Å². The minimum atomic E-state index is -0.429. The molecule has 1 N–H and O–H groups in total. The molecule has 0 aliphatic carbocycles. The summed E-state index contributed by atoms with van der Waals surface area (Å²) in [5, 5.41) is 0.921. The van der Waals surface area contributed by atoms with Gasteiger partial charge in [-0.15, -0.1) is 0 Å². The molecule has 0 aliphatic rings. The lowest BCUT2D eigenvalue weighted by molar-refractivity contribution is -0.145. The first-order valence-electron chi connectivity index (χ1n) is 9.09. The summed E-state index contributed by atoms with van der Waals surface area (Å²) < 4.78 is 10.1. The maximum absolute atomic E-state index is 13.2. The zero-order valence-electron chi connectivity index (χ0n) is 16.3. The molecule has 0 saturated carbocycles. The van der Waals surface area contributed by atoms with Crippen molar-refractivity contribution in [3.8, 4) is 5.75 Å². The van der Waals surface area contributed by atoms with E-state index in [0.717, 1.165) is 16.5 Å². The maximum atomic E-state index is 13.2. The molecule has 28 heavy (non-hydrogen) atoms. The van der Waals surface area contributed by atoms with Crippen LogP contribution in [0.4, 0.5) is 0 Å². The highest BCUT2D eigenvalue weighted by Gasteiger charge is 2.24. The number of ether oxygens (including phenoxy) is 2. The van der Waals surface area contributed by atoms with E-state index in [-0.39, 0.29) is 18.4 Å². The predicted octanol–water partition coefficient (Wildman–Crippen LogP) is 3.63. The summed E-state index contributed by atoms with van der Waals surface area (Å²) in [6.45, 7) is 2.42. The number of hydrogen-bond donors (Lipinski definition) is 1. The largest absolute Gasteiger partial charge is 0.497 e. The summed E-state index contributed by atoms with van der Waals surface area (Å²) >= 11 is 0. The molecule has 3 aromatic rings. The van der Waals surface area contributed by atoms with Crippen molar-refractivity contribution in [1.82, 2.24) is 9.88 Å². The number of fused-ring (bicyclic) bond motifs is 1. The first-order valence-corrected chi connectivity index (χ1v) is 9.09. The molecule has 146 valence electrons. The zero-order chi connectivity index (χ0) is 20.1. The summed E-state index contributed by atoms with van der Waals surface area (Å²) in [5.41, 5.74) is 2.28. The van der Waals surface area contributed by atoms with Gasteiger partial charge in [0.25, 0.3) is 5.91 Å². The van der Waals surface area contributed by atoms with Crippen LogP contribution in [0.2, 0.25) is 0 Å². The van der Waals surface area contributed by atoms with Crippen LogP contribution in [0.25, 0.3) is 10.9 Å². The van der Waals surface area contributed by atoms with E-state index in [1.54, 1.807) is 18.9 Å². The monoisotopic (exact) mass is 380 g/mol. The number of rotatable bonds is 7. The van der Waals surface area contributed by atoms with Crippen molar-refractivity contribution in [2.45, 2.75) is 13.5 Å². The molecule has 0 radical (unpaired) electrons. The minimum Gasteiger partial charge on any atom is -0.497 e. The highest BCUT2D eigenvalue weighted by molar-refractivity contribution is 5.98. The van der Waals surface area contributed by atoms with Crippen LogP contribution in [0.15, 0.2) is 54.6 Å². The molecule has 1 aromatic heterocycles. The molecule has 2 aromatic carbocycles. The molecular formula is C22H24N2O4. The Hall–Kier alpha value is -3.28. The van der Waals surface area contributed by atoms with Crippen LogP contribution in [0.3, 0.4) is 0 Å². The van der Waals surface area contributed by atoms with E-state index < -0.39 is 5.92 Å². The number of benzene rings is 2. The number of esters is 1. The summed E-state index contributed by atoms with van der Waals surface area (Å²) in [4.78, 5) is 30.0. The van der Waals surface area contributed by atoms with Crippen LogP contribution in [0.1, 0.15) is 23.0 Å². The van der Waals surface area contributed by atoms with Gasteiger partial charge in [-0.05, 0) is 23.8 Å². The number of methoxy groups -OCH3 is 2. The van der Waals surface area contributed by atoms with E-state index in [1.807, 2.05) is 54.6 Å². The normalized spacial score (nSPS) is 11.8. The van der Waals surface area contributed by atoms with Gasteiger partial charge >= 0.3 is 5.97 Å². The van der Waals surface area contributed by atoms with Crippen molar-refractivity contribution >= 4 is 22.8 Å². The Kier molecular flexibility index (Phi) is 5.99.